The van der Waals surface area contributed by atoms with Crippen LogP contribution in [0, 0.1) is 6.92 Å². The Morgan fingerprint density at radius 3 is 2.59 bits per heavy atom. The normalized spacial score (nSPS) is 12.0. The van der Waals surface area contributed by atoms with Gasteiger partial charge in [-0.15, -0.1) is 0 Å². The van der Waals surface area contributed by atoms with Crippen LogP contribution in [0.15, 0.2) is 18.3 Å². The summed E-state index contributed by atoms with van der Waals surface area (Å²) in [4.78, 5) is 14.5. The van der Waals surface area contributed by atoms with Gasteiger partial charge in [-0.3, -0.25) is 9.20 Å². The molecule has 2 heterocycles. The number of amides is 1. The quantitative estimate of drug-likeness (QED) is 0.829. The van der Waals surface area contributed by atoms with Crippen molar-refractivity contribution in [2.24, 2.45) is 5.73 Å². The van der Waals surface area contributed by atoms with Crippen LogP contribution in [0.25, 0.3) is 5.65 Å². The Morgan fingerprint density at radius 1 is 1.41 bits per heavy atom. The van der Waals surface area contributed by atoms with E-state index in [1.807, 2.05) is 0 Å². The second-order valence-corrected chi connectivity index (χ2v) is 3.61. The summed E-state index contributed by atoms with van der Waals surface area (Å²) in [6.45, 7) is 1.69. The Bertz CT molecular complexity index is 601. The van der Waals surface area contributed by atoms with Gasteiger partial charge in [0.1, 0.15) is 11.3 Å². The molecular formula is C10H8F3N3O. The SMILES string of the molecule is Cc1ccc2nc(C(F)(F)F)c(C(N)=O)n2c1. The maximum atomic E-state index is 12.7. The van der Waals surface area contributed by atoms with Crippen LogP contribution in [0.4, 0.5) is 13.2 Å². The molecule has 7 heteroatoms. The molecule has 2 N–H and O–H groups in total. The lowest BCUT2D eigenvalue weighted by atomic mass is 10.3. The molecule has 2 rings (SSSR count). The highest BCUT2D eigenvalue weighted by molar-refractivity contribution is 5.93. The van der Waals surface area contributed by atoms with E-state index < -0.39 is 23.5 Å². The Balaban J connectivity index is 2.86. The minimum Gasteiger partial charge on any atom is -0.364 e. The molecule has 0 atom stereocenters. The Kier molecular flexibility index (Phi) is 2.34. The van der Waals surface area contributed by atoms with E-state index in [9.17, 15) is 18.0 Å². The van der Waals surface area contributed by atoms with Crippen LogP contribution in [0.2, 0.25) is 0 Å². The number of alkyl halides is 3. The summed E-state index contributed by atoms with van der Waals surface area (Å²) < 4.78 is 39.0. The van der Waals surface area contributed by atoms with Gasteiger partial charge >= 0.3 is 6.18 Å². The van der Waals surface area contributed by atoms with Gasteiger partial charge < -0.3 is 5.73 Å². The summed E-state index contributed by atoms with van der Waals surface area (Å²) >= 11 is 0. The number of aryl methyl sites for hydroxylation is 1. The van der Waals surface area contributed by atoms with Gasteiger partial charge in [0.15, 0.2) is 5.69 Å². The zero-order valence-electron chi connectivity index (χ0n) is 8.75. The fraction of sp³-hybridized carbons (Fsp3) is 0.200. The van der Waals surface area contributed by atoms with E-state index in [0.717, 1.165) is 4.40 Å². The number of hydrogen-bond acceptors (Lipinski definition) is 2. The van der Waals surface area contributed by atoms with Gasteiger partial charge in [0.25, 0.3) is 5.91 Å². The zero-order chi connectivity index (χ0) is 12.8. The number of aromatic nitrogens is 2. The van der Waals surface area contributed by atoms with Crippen molar-refractivity contribution in [2.45, 2.75) is 13.1 Å². The predicted octanol–water partition coefficient (Wildman–Crippen LogP) is 1.76. The number of nitrogens with zero attached hydrogens (tertiary/aromatic N) is 2. The number of halogens is 3. The van der Waals surface area contributed by atoms with Crippen molar-refractivity contribution in [3.63, 3.8) is 0 Å². The fourth-order valence-electron chi connectivity index (χ4n) is 1.58. The molecule has 0 saturated carbocycles. The van der Waals surface area contributed by atoms with E-state index in [0.29, 0.717) is 5.56 Å². The van der Waals surface area contributed by atoms with Crippen molar-refractivity contribution in [3.05, 3.63) is 35.3 Å². The van der Waals surface area contributed by atoms with Crippen molar-refractivity contribution in [1.29, 1.82) is 0 Å². The average Bonchev–Trinajstić information content (AvgIpc) is 2.55. The third-order valence-corrected chi connectivity index (χ3v) is 2.27. The number of nitrogens with two attached hydrogens (primary N) is 1. The number of pyridine rings is 1. The van der Waals surface area contributed by atoms with E-state index in [-0.39, 0.29) is 5.65 Å². The summed E-state index contributed by atoms with van der Waals surface area (Å²) in [5, 5.41) is 0. The molecule has 0 fully saturated rings. The molecule has 0 saturated heterocycles. The van der Waals surface area contributed by atoms with Gasteiger partial charge in [0.2, 0.25) is 0 Å². The molecule has 0 radical (unpaired) electrons. The lowest BCUT2D eigenvalue weighted by Crippen LogP contribution is -2.20. The third-order valence-electron chi connectivity index (χ3n) is 2.27. The maximum Gasteiger partial charge on any atom is 0.435 e. The standard InChI is InChI=1S/C10H8F3N3O/c1-5-2-3-6-15-8(10(11,12)13)7(9(14)17)16(6)4-5/h2-4H,1H3,(H2,14,17). The Morgan fingerprint density at radius 2 is 2.06 bits per heavy atom. The smallest absolute Gasteiger partial charge is 0.364 e. The van der Waals surface area contributed by atoms with Crippen molar-refractivity contribution >= 4 is 11.6 Å². The van der Waals surface area contributed by atoms with Gasteiger partial charge in [0.05, 0.1) is 0 Å². The highest BCUT2D eigenvalue weighted by Gasteiger charge is 2.39. The lowest BCUT2D eigenvalue weighted by Gasteiger charge is -2.04. The fourth-order valence-corrected chi connectivity index (χ4v) is 1.58. The van der Waals surface area contributed by atoms with E-state index in [4.69, 9.17) is 5.73 Å². The average molecular weight is 243 g/mol. The molecular weight excluding hydrogens is 235 g/mol. The molecule has 2 aromatic rings. The van der Waals surface area contributed by atoms with Gasteiger partial charge in [-0.05, 0) is 18.6 Å². The predicted molar refractivity (Wildman–Crippen MR) is 53.4 cm³/mol. The number of carbonyl (C=O) groups is 1. The first kappa shape index (κ1) is 11.4. The van der Waals surface area contributed by atoms with Gasteiger partial charge in [0, 0.05) is 6.20 Å². The van der Waals surface area contributed by atoms with Crippen LogP contribution in [0.3, 0.4) is 0 Å². The minimum atomic E-state index is -4.70. The topological polar surface area (TPSA) is 60.4 Å². The molecule has 1 amide bonds. The van der Waals surface area contributed by atoms with Crippen molar-refractivity contribution in [2.75, 3.05) is 0 Å². The summed E-state index contributed by atoms with van der Waals surface area (Å²) in [6.07, 6.45) is -3.32. The van der Waals surface area contributed by atoms with Crippen molar-refractivity contribution in [3.8, 4) is 0 Å². The highest BCUT2D eigenvalue weighted by Crippen LogP contribution is 2.31. The first-order valence-electron chi connectivity index (χ1n) is 4.66. The second kappa shape index (κ2) is 3.47. The summed E-state index contributed by atoms with van der Waals surface area (Å²) in [6, 6.07) is 3.00. The number of carbonyl (C=O) groups excluding carboxylic acids is 1. The summed E-state index contributed by atoms with van der Waals surface area (Å²) in [7, 11) is 0. The van der Waals surface area contributed by atoms with E-state index in [1.54, 1.807) is 13.0 Å². The van der Waals surface area contributed by atoms with Crippen molar-refractivity contribution in [1.82, 2.24) is 9.38 Å². The third kappa shape index (κ3) is 1.83. The van der Waals surface area contributed by atoms with Crippen LogP contribution in [0.1, 0.15) is 21.7 Å². The molecule has 17 heavy (non-hydrogen) atoms. The van der Waals surface area contributed by atoms with Gasteiger partial charge in [-0.2, -0.15) is 13.2 Å². The molecule has 90 valence electrons. The number of primary amides is 1. The summed E-state index contributed by atoms with van der Waals surface area (Å²) in [5.41, 5.74) is 3.81. The largest absolute Gasteiger partial charge is 0.435 e. The van der Waals surface area contributed by atoms with Crippen LogP contribution >= 0.6 is 0 Å². The molecule has 0 bridgehead atoms. The molecule has 0 aliphatic rings. The first-order valence-corrected chi connectivity index (χ1v) is 4.66. The maximum absolute atomic E-state index is 12.7. The van der Waals surface area contributed by atoms with Gasteiger partial charge in [-0.1, -0.05) is 6.07 Å². The lowest BCUT2D eigenvalue weighted by molar-refractivity contribution is -0.141. The second-order valence-electron chi connectivity index (χ2n) is 3.61. The Hall–Kier alpha value is -2.05. The first-order chi connectivity index (χ1) is 7.80. The Labute approximate surface area is 93.9 Å². The highest BCUT2D eigenvalue weighted by atomic mass is 19.4. The monoisotopic (exact) mass is 243 g/mol. The molecule has 0 aromatic carbocycles. The molecule has 0 aliphatic carbocycles. The van der Waals surface area contributed by atoms with Crippen LogP contribution in [-0.4, -0.2) is 15.3 Å². The van der Waals surface area contributed by atoms with E-state index >= 15 is 0 Å². The minimum absolute atomic E-state index is 0.0386. The van der Waals surface area contributed by atoms with E-state index in [2.05, 4.69) is 4.98 Å². The summed E-state index contributed by atoms with van der Waals surface area (Å²) in [5.74, 6) is -1.16. The molecule has 2 aromatic heterocycles. The van der Waals surface area contributed by atoms with Crippen LogP contribution in [0.5, 0.6) is 0 Å². The van der Waals surface area contributed by atoms with Crippen LogP contribution < -0.4 is 5.73 Å². The molecule has 0 spiro atoms. The number of hydrogen-bond donors (Lipinski definition) is 1. The van der Waals surface area contributed by atoms with Crippen molar-refractivity contribution < 1.29 is 18.0 Å². The molecule has 0 aliphatic heterocycles. The number of fused-ring (bicyclic) bond motifs is 1. The zero-order valence-corrected chi connectivity index (χ0v) is 8.75. The molecule has 0 unspecified atom stereocenters. The number of imidazole rings is 1. The van der Waals surface area contributed by atoms with E-state index in [1.165, 1.54) is 12.3 Å². The number of rotatable bonds is 1. The van der Waals surface area contributed by atoms with Gasteiger partial charge in [-0.25, -0.2) is 4.98 Å². The van der Waals surface area contributed by atoms with Crippen LogP contribution in [-0.2, 0) is 6.18 Å². The molecule has 4 nitrogen and oxygen atoms in total.